The van der Waals surface area contributed by atoms with Gasteiger partial charge in [0, 0.05) is 5.88 Å². The van der Waals surface area contributed by atoms with Crippen LogP contribution in [0, 0.1) is 0 Å². The van der Waals surface area contributed by atoms with Gasteiger partial charge in [-0.15, -0.1) is 24.0 Å². The van der Waals surface area contributed by atoms with Crippen molar-refractivity contribution in [2.75, 3.05) is 19.0 Å². The van der Waals surface area contributed by atoms with Gasteiger partial charge in [0.05, 0.1) is 0 Å². The van der Waals surface area contributed by atoms with Crippen molar-refractivity contribution in [1.29, 1.82) is 0 Å². The smallest absolute Gasteiger partial charge is 0.0235 e. The molecule has 0 aromatic rings. The fraction of sp³-hybridized carbons (Fsp3) is 1.00. The van der Waals surface area contributed by atoms with Gasteiger partial charge in [-0.3, -0.25) is 0 Å². The first-order chi connectivity index (χ1) is 8.41. The van der Waals surface area contributed by atoms with Gasteiger partial charge >= 0.3 is 0 Å². The van der Waals surface area contributed by atoms with E-state index in [4.69, 9.17) is 11.6 Å². The van der Waals surface area contributed by atoms with Crippen molar-refractivity contribution in [3.63, 3.8) is 0 Å². The third-order valence-electron chi connectivity index (χ3n) is 3.19. The molecule has 0 atom stereocenters. The zero-order valence-corrected chi connectivity index (χ0v) is 13.8. The van der Waals surface area contributed by atoms with Gasteiger partial charge in [0.1, 0.15) is 0 Å². The predicted molar refractivity (Wildman–Crippen MR) is 87.3 cm³/mol. The predicted octanol–water partition coefficient (Wildman–Crippen LogP) is 5.55. The van der Waals surface area contributed by atoms with Crippen LogP contribution in [0.1, 0.15) is 77.6 Å². The number of rotatable bonds is 14. The Morgan fingerprint density at radius 2 is 1.11 bits per heavy atom. The molecule has 18 heavy (non-hydrogen) atoms. The van der Waals surface area contributed by atoms with Gasteiger partial charge in [0.2, 0.25) is 0 Å². The third-order valence-corrected chi connectivity index (χ3v) is 3.46. The standard InChI is InChI=1S/C15H32ClN.ClH/c1-2-3-4-5-6-7-8-9-10-11-14-17-15-12-13-16;/h17H,2-15H2,1H3;1H. The SMILES string of the molecule is CCCCCCCCCCCCNCCCCl.Cl. The van der Waals surface area contributed by atoms with Crippen LogP contribution in [0.2, 0.25) is 0 Å². The molecule has 112 valence electrons. The summed E-state index contributed by atoms with van der Waals surface area (Å²) in [6, 6.07) is 0. The van der Waals surface area contributed by atoms with Gasteiger partial charge < -0.3 is 5.32 Å². The molecule has 0 spiro atoms. The van der Waals surface area contributed by atoms with Crippen LogP contribution in [0.5, 0.6) is 0 Å². The largest absolute Gasteiger partial charge is 0.317 e. The van der Waals surface area contributed by atoms with E-state index in [1.807, 2.05) is 0 Å². The maximum Gasteiger partial charge on any atom is 0.0235 e. The molecule has 0 aliphatic carbocycles. The zero-order valence-electron chi connectivity index (χ0n) is 12.2. The lowest BCUT2D eigenvalue weighted by molar-refractivity contribution is 0.543. The molecule has 0 heterocycles. The highest BCUT2D eigenvalue weighted by Gasteiger charge is 1.92. The topological polar surface area (TPSA) is 12.0 Å². The molecular formula is C15H33Cl2N. The number of unbranched alkanes of at least 4 members (excludes halogenated alkanes) is 9. The summed E-state index contributed by atoms with van der Waals surface area (Å²) in [6.45, 7) is 4.54. The molecule has 0 aliphatic rings. The van der Waals surface area contributed by atoms with Crippen LogP contribution < -0.4 is 5.32 Å². The number of nitrogens with one attached hydrogen (secondary N) is 1. The van der Waals surface area contributed by atoms with Crippen LogP contribution in [0.3, 0.4) is 0 Å². The molecule has 0 unspecified atom stereocenters. The summed E-state index contributed by atoms with van der Waals surface area (Å²) in [6.07, 6.45) is 15.3. The van der Waals surface area contributed by atoms with Crippen LogP contribution in [-0.4, -0.2) is 19.0 Å². The molecule has 0 amide bonds. The number of alkyl halides is 1. The number of hydrogen-bond acceptors (Lipinski definition) is 1. The van der Waals surface area contributed by atoms with E-state index in [1.165, 1.54) is 70.8 Å². The first kappa shape index (κ1) is 20.8. The Kier molecular flexibility index (Phi) is 23.0. The average Bonchev–Trinajstić information content (AvgIpc) is 2.35. The average molecular weight is 298 g/mol. The van der Waals surface area contributed by atoms with E-state index in [0.717, 1.165) is 18.8 Å². The molecule has 0 aromatic heterocycles. The first-order valence-electron chi connectivity index (χ1n) is 7.68. The minimum Gasteiger partial charge on any atom is -0.317 e. The summed E-state index contributed by atoms with van der Waals surface area (Å²) < 4.78 is 0. The molecule has 0 fully saturated rings. The summed E-state index contributed by atoms with van der Waals surface area (Å²) in [5.74, 6) is 0.783. The van der Waals surface area contributed by atoms with Crippen LogP contribution in [0.4, 0.5) is 0 Å². The van der Waals surface area contributed by atoms with Crippen molar-refractivity contribution in [2.45, 2.75) is 77.6 Å². The quantitative estimate of drug-likeness (QED) is 0.327. The van der Waals surface area contributed by atoms with Gasteiger partial charge in [0.15, 0.2) is 0 Å². The Balaban J connectivity index is 0. The summed E-state index contributed by atoms with van der Waals surface area (Å²) >= 11 is 5.60. The summed E-state index contributed by atoms with van der Waals surface area (Å²) in [7, 11) is 0. The second kappa shape index (κ2) is 19.9. The van der Waals surface area contributed by atoms with Crippen LogP contribution >= 0.6 is 24.0 Å². The molecule has 0 saturated heterocycles. The van der Waals surface area contributed by atoms with Gasteiger partial charge in [-0.25, -0.2) is 0 Å². The maximum atomic E-state index is 5.60. The Hall–Kier alpha value is 0.540. The molecule has 0 radical (unpaired) electrons. The van der Waals surface area contributed by atoms with Gasteiger partial charge in [-0.2, -0.15) is 0 Å². The van der Waals surface area contributed by atoms with Crippen LogP contribution in [0.15, 0.2) is 0 Å². The molecule has 1 nitrogen and oxygen atoms in total. The van der Waals surface area contributed by atoms with Crippen molar-refractivity contribution < 1.29 is 0 Å². The second-order valence-electron chi connectivity index (χ2n) is 4.97. The minimum atomic E-state index is 0. The van der Waals surface area contributed by atoms with E-state index in [1.54, 1.807) is 0 Å². The second-order valence-corrected chi connectivity index (χ2v) is 5.35. The minimum absolute atomic E-state index is 0. The van der Waals surface area contributed by atoms with Gasteiger partial charge in [-0.05, 0) is 25.9 Å². The fourth-order valence-electron chi connectivity index (χ4n) is 2.05. The zero-order chi connectivity index (χ0) is 12.6. The highest BCUT2D eigenvalue weighted by Crippen LogP contribution is 2.10. The Labute approximate surface area is 126 Å². The third kappa shape index (κ3) is 18.9. The summed E-state index contributed by atoms with van der Waals surface area (Å²) in [4.78, 5) is 0. The Morgan fingerprint density at radius 1 is 0.667 bits per heavy atom. The van der Waals surface area contributed by atoms with Crippen LogP contribution in [-0.2, 0) is 0 Å². The van der Waals surface area contributed by atoms with Crippen molar-refractivity contribution in [2.24, 2.45) is 0 Å². The monoisotopic (exact) mass is 297 g/mol. The number of hydrogen-bond donors (Lipinski definition) is 1. The van der Waals surface area contributed by atoms with Crippen molar-refractivity contribution in [3.8, 4) is 0 Å². The lowest BCUT2D eigenvalue weighted by Crippen LogP contribution is -2.16. The van der Waals surface area contributed by atoms with E-state index >= 15 is 0 Å². The van der Waals surface area contributed by atoms with Gasteiger partial charge in [-0.1, -0.05) is 64.7 Å². The summed E-state index contributed by atoms with van der Waals surface area (Å²) in [5, 5.41) is 3.43. The molecule has 0 aliphatic heterocycles. The van der Waals surface area contributed by atoms with Crippen LogP contribution in [0.25, 0.3) is 0 Å². The lowest BCUT2D eigenvalue weighted by Gasteiger charge is -2.04. The molecular weight excluding hydrogens is 265 g/mol. The van der Waals surface area contributed by atoms with E-state index in [-0.39, 0.29) is 12.4 Å². The first-order valence-corrected chi connectivity index (χ1v) is 8.22. The van der Waals surface area contributed by atoms with E-state index in [2.05, 4.69) is 12.2 Å². The maximum absolute atomic E-state index is 5.60. The van der Waals surface area contributed by atoms with E-state index in [9.17, 15) is 0 Å². The molecule has 0 bridgehead atoms. The van der Waals surface area contributed by atoms with E-state index in [0.29, 0.717) is 0 Å². The Bertz CT molecular complexity index is 118. The molecule has 0 rings (SSSR count). The molecule has 3 heteroatoms. The van der Waals surface area contributed by atoms with Crippen molar-refractivity contribution in [3.05, 3.63) is 0 Å². The Morgan fingerprint density at radius 3 is 1.61 bits per heavy atom. The van der Waals surface area contributed by atoms with Crippen molar-refractivity contribution in [1.82, 2.24) is 5.32 Å². The van der Waals surface area contributed by atoms with Gasteiger partial charge in [0.25, 0.3) is 0 Å². The molecule has 0 saturated carbocycles. The van der Waals surface area contributed by atoms with Crippen molar-refractivity contribution >= 4 is 24.0 Å². The number of halogens is 2. The summed E-state index contributed by atoms with van der Waals surface area (Å²) in [5.41, 5.74) is 0. The van der Waals surface area contributed by atoms with E-state index < -0.39 is 0 Å². The lowest BCUT2D eigenvalue weighted by atomic mass is 10.1. The fourth-order valence-corrected chi connectivity index (χ4v) is 2.19. The molecule has 1 N–H and O–H groups in total. The molecule has 0 aromatic carbocycles. The highest BCUT2D eigenvalue weighted by molar-refractivity contribution is 6.17. The highest BCUT2D eigenvalue weighted by atomic mass is 35.5. The normalized spacial score (nSPS) is 10.3.